The zero-order valence-electron chi connectivity index (χ0n) is 12.4. The van der Waals surface area contributed by atoms with Crippen molar-refractivity contribution in [2.75, 3.05) is 0 Å². The second kappa shape index (κ2) is 7.60. The molecule has 106 valence electrons. The van der Waals surface area contributed by atoms with E-state index in [0.717, 1.165) is 35.1 Å². The third-order valence-corrected chi connectivity index (χ3v) is 3.34. The van der Waals surface area contributed by atoms with Crippen molar-refractivity contribution in [2.24, 2.45) is 0 Å². The van der Waals surface area contributed by atoms with Crippen molar-refractivity contribution in [3.05, 3.63) is 72.8 Å². The highest BCUT2D eigenvalue weighted by atomic mass is 16.4. The van der Waals surface area contributed by atoms with Gasteiger partial charge in [-0.2, -0.15) is 0 Å². The second-order valence-corrected chi connectivity index (χ2v) is 4.92. The summed E-state index contributed by atoms with van der Waals surface area (Å²) in [5, 5.41) is 0. The maximum atomic E-state index is 5.39. The first kappa shape index (κ1) is 16.0. The lowest BCUT2D eigenvalue weighted by atomic mass is 9.97. The van der Waals surface area contributed by atoms with E-state index in [9.17, 15) is 0 Å². The van der Waals surface area contributed by atoms with Gasteiger partial charge in [0.25, 0.3) is 0 Å². The molecule has 0 atom stereocenters. The van der Waals surface area contributed by atoms with E-state index in [0.29, 0.717) is 11.5 Å². The summed E-state index contributed by atoms with van der Waals surface area (Å²) in [6.07, 6.45) is 5.17. The molecule has 0 spiro atoms. The van der Waals surface area contributed by atoms with Crippen LogP contribution in [0.2, 0.25) is 0 Å². The van der Waals surface area contributed by atoms with Crippen LogP contribution in [0.1, 0.15) is 11.1 Å². The number of rotatable bonds is 7. The van der Waals surface area contributed by atoms with Crippen LogP contribution in [0.15, 0.2) is 61.7 Å². The van der Waals surface area contributed by atoms with Crippen molar-refractivity contribution in [1.82, 2.24) is 0 Å². The lowest BCUT2D eigenvalue weighted by Gasteiger charge is -2.14. The molecule has 0 aliphatic rings. The molecule has 0 bridgehead atoms. The zero-order chi connectivity index (χ0) is 15.9. The predicted molar refractivity (Wildman–Crippen MR) is 92.4 cm³/mol. The van der Waals surface area contributed by atoms with Crippen LogP contribution < -0.4 is 9.31 Å². The molecule has 0 aliphatic heterocycles. The van der Waals surface area contributed by atoms with Gasteiger partial charge in [0.15, 0.2) is 0 Å². The summed E-state index contributed by atoms with van der Waals surface area (Å²) in [5.74, 6) is 1.16. The molecule has 2 nitrogen and oxygen atoms in total. The Bertz CT molecular complexity index is 681. The fourth-order valence-electron chi connectivity index (χ4n) is 2.37. The number of allylic oxidation sites excluding steroid dienone is 2. The van der Waals surface area contributed by atoms with Crippen LogP contribution in [0.5, 0.6) is 11.5 Å². The maximum absolute atomic E-state index is 5.39. The van der Waals surface area contributed by atoms with Crippen molar-refractivity contribution in [1.29, 1.82) is 0 Å². The van der Waals surface area contributed by atoms with Crippen LogP contribution in [0.3, 0.4) is 0 Å². The molecule has 0 fully saturated rings. The molecule has 2 rings (SSSR count). The average molecular weight is 286 g/mol. The number of benzene rings is 2. The molecule has 4 heteroatoms. The monoisotopic (exact) mass is 286 g/mol. The van der Waals surface area contributed by atoms with Gasteiger partial charge in [0.2, 0.25) is 0 Å². The van der Waals surface area contributed by atoms with E-state index in [-0.39, 0.29) is 0 Å². The van der Waals surface area contributed by atoms with Gasteiger partial charge in [-0.3, -0.25) is 0 Å². The Hall–Kier alpha value is -2.35. The molecule has 22 heavy (non-hydrogen) atoms. The van der Waals surface area contributed by atoms with E-state index in [1.165, 1.54) is 0 Å². The quantitative estimate of drug-likeness (QED) is 0.570. The molecule has 0 saturated carbocycles. The van der Waals surface area contributed by atoms with Crippen molar-refractivity contribution in [2.45, 2.75) is 12.8 Å². The van der Waals surface area contributed by atoms with Gasteiger partial charge in [-0.15, -0.1) is 13.2 Å². The minimum atomic E-state index is 0.575. The van der Waals surface area contributed by atoms with Crippen molar-refractivity contribution in [3.8, 4) is 22.6 Å². The van der Waals surface area contributed by atoms with Crippen LogP contribution in [0.25, 0.3) is 11.1 Å². The molecule has 2 aromatic rings. The molecule has 4 radical (unpaired) electrons. The summed E-state index contributed by atoms with van der Waals surface area (Å²) in [6, 6.07) is 11.6. The van der Waals surface area contributed by atoms with Crippen LogP contribution >= 0.6 is 0 Å². The fourth-order valence-corrected chi connectivity index (χ4v) is 2.37. The summed E-state index contributed by atoms with van der Waals surface area (Å²) >= 11 is 0. The van der Waals surface area contributed by atoms with Gasteiger partial charge in [0.1, 0.15) is 5.75 Å². The lowest BCUT2D eigenvalue weighted by Crippen LogP contribution is -1.94. The normalized spacial score (nSPS) is 10.0. The highest BCUT2D eigenvalue weighted by Gasteiger charge is 2.09. The third kappa shape index (κ3) is 3.64. The van der Waals surface area contributed by atoms with E-state index in [4.69, 9.17) is 25.4 Å². The topological polar surface area (TPSA) is 18.5 Å². The van der Waals surface area contributed by atoms with Crippen molar-refractivity contribution in [3.63, 3.8) is 0 Å². The van der Waals surface area contributed by atoms with E-state index in [2.05, 4.69) is 13.2 Å². The summed E-state index contributed by atoms with van der Waals surface area (Å²) < 4.78 is 9.88. The summed E-state index contributed by atoms with van der Waals surface area (Å²) in [5.41, 5.74) is 3.97. The molecule has 0 unspecified atom stereocenters. The zero-order valence-corrected chi connectivity index (χ0v) is 12.4. The smallest absolute Gasteiger partial charge is 0.374 e. The van der Waals surface area contributed by atoms with Gasteiger partial charge in [0, 0.05) is 5.56 Å². The van der Waals surface area contributed by atoms with Crippen LogP contribution in [-0.4, -0.2) is 16.1 Å². The highest BCUT2D eigenvalue weighted by molar-refractivity contribution is 6.01. The first-order valence-corrected chi connectivity index (χ1v) is 6.94. The Morgan fingerprint density at radius 3 is 2.23 bits per heavy atom. The minimum Gasteiger partial charge on any atom is -0.568 e. The van der Waals surface area contributed by atoms with E-state index in [1.807, 2.05) is 48.6 Å². The first-order chi connectivity index (χ1) is 10.7. The molecule has 0 heterocycles. The highest BCUT2D eigenvalue weighted by Crippen LogP contribution is 2.34. The number of hydrogen-bond donors (Lipinski definition) is 0. The molecule has 0 N–H and O–H groups in total. The summed E-state index contributed by atoms with van der Waals surface area (Å²) in [7, 11) is 10.7. The Morgan fingerprint density at radius 2 is 1.59 bits per heavy atom. The third-order valence-electron chi connectivity index (χ3n) is 3.34. The average Bonchev–Trinajstić information content (AvgIpc) is 2.55. The number of hydrogen-bond acceptors (Lipinski definition) is 2. The van der Waals surface area contributed by atoms with Gasteiger partial charge in [-0.25, -0.2) is 0 Å². The van der Waals surface area contributed by atoms with Crippen molar-refractivity contribution >= 4 is 16.1 Å². The second-order valence-electron chi connectivity index (χ2n) is 4.92. The molecule has 0 aliphatic carbocycles. The van der Waals surface area contributed by atoms with Gasteiger partial charge in [-0.05, 0) is 53.8 Å². The van der Waals surface area contributed by atoms with Crippen LogP contribution in [0.4, 0.5) is 0 Å². The maximum Gasteiger partial charge on any atom is 0.374 e. The Kier molecular flexibility index (Phi) is 5.54. The minimum absolute atomic E-state index is 0.575. The van der Waals surface area contributed by atoms with E-state index < -0.39 is 0 Å². The lowest BCUT2D eigenvalue weighted by molar-refractivity contribution is 0.613. The molecule has 0 saturated heterocycles. The van der Waals surface area contributed by atoms with Gasteiger partial charge < -0.3 is 9.31 Å². The van der Waals surface area contributed by atoms with Crippen LogP contribution in [-0.2, 0) is 12.8 Å². The molecule has 0 amide bonds. The molecule has 2 aromatic carbocycles. The standard InChI is InChI=1S/C18H16B2O2/c1-3-5-13-7-8-18(22-20)17(11-13)15-9-14(6-4-2)10-16(12-15)21-19/h3-4,7-12H,1-2,5-6H2. The Morgan fingerprint density at radius 1 is 0.864 bits per heavy atom. The SMILES string of the molecule is [B]Oc1cc(CC=C)cc(-c2cc(CC=C)ccc2O[B])c1. The van der Waals surface area contributed by atoms with E-state index >= 15 is 0 Å². The predicted octanol–water partition coefficient (Wildman–Crippen LogP) is 3.74. The largest absolute Gasteiger partial charge is 0.568 e. The molecular weight excluding hydrogens is 270 g/mol. The van der Waals surface area contributed by atoms with E-state index in [1.54, 1.807) is 0 Å². The summed E-state index contributed by atoms with van der Waals surface area (Å²) in [4.78, 5) is 0. The Labute approximate surface area is 134 Å². The first-order valence-electron chi connectivity index (χ1n) is 6.94. The van der Waals surface area contributed by atoms with Gasteiger partial charge in [0.05, 0.1) is 5.75 Å². The van der Waals surface area contributed by atoms with Gasteiger partial charge in [-0.1, -0.05) is 24.3 Å². The summed E-state index contributed by atoms with van der Waals surface area (Å²) in [6.45, 7) is 7.52. The Balaban J connectivity index is 2.57. The van der Waals surface area contributed by atoms with Crippen molar-refractivity contribution < 1.29 is 9.31 Å². The molecular formula is C18H16B2O2. The van der Waals surface area contributed by atoms with Gasteiger partial charge >= 0.3 is 16.1 Å². The fraction of sp³-hybridized carbons (Fsp3) is 0.111. The van der Waals surface area contributed by atoms with Crippen LogP contribution in [0, 0.1) is 0 Å². The molecule has 0 aromatic heterocycles.